The van der Waals surface area contributed by atoms with Crippen LogP contribution in [0.4, 0.5) is 4.79 Å². The highest BCUT2D eigenvalue weighted by molar-refractivity contribution is 8.18. The van der Waals surface area contributed by atoms with Crippen molar-refractivity contribution in [1.29, 1.82) is 0 Å². The molecule has 3 rings (SSSR count). The van der Waals surface area contributed by atoms with E-state index in [4.69, 9.17) is 26.8 Å². The average molecular weight is 433 g/mol. The lowest BCUT2D eigenvalue weighted by Crippen LogP contribution is -2.36. The molecule has 1 fully saturated rings. The van der Waals surface area contributed by atoms with Gasteiger partial charge in [0.1, 0.15) is 13.2 Å². The van der Waals surface area contributed by atoms with Crippen molar-refractivity contribution in [1.82, 2.24) is 4.90 Å². The number of para-hydroxylation sites is 1. The summed E-state index contributed by atoms with van der Waals surface area (Å²) in [5.41, 5.74) is 6.51. The zero-order valence-corrected chi connectivity index (χ0v) is 17.0. The predicted octanol–water partition coefficient (Wildman–Crippen LogP) is 3.45. The molecule has 1 saturated heterocycles. The highest BCUT2D eigenvalue weighted by Gasteiger charge is 2.36. The minimum Gasteiger partial charge on any atom is -0.493 e. The molecule has 2 N–H and O–H groups in total. The molecule has 7 nitrogen and oxygen atoms in total. The molecule has 0 aliphatic carbocycles. The summed E-state index contributed by atoms with van der Waals surface area (Å²) in [7, 11) is 1.51. The fraction of sp³-hybridized carbons (Fsp3) is 0.150. The van der Waals surface area contributed by atoms with E-state index in [-0.39, 0.29) is 11.5 Å². The van der Waals surface area contributed by atoms with Crippen LogP contribution in [0.2, 0.25) is 5.02 Å². The summed E-state index contributed by atoms with van der Waals surface area (Å²) in [4.78, 5) is 36.6. The molecule has 0 atom stereocenters. The lowest BCUT2D eigenvalue weighted by atomic mass is 10.1. The third-order valence-electron chi connectivity index (χ3n) is 3.98. The first-order valence-corrected chi connectivity index (χ1v) is 9.66. The van der Waals surface area contributed by atoms with Crippen LogP contribution in [0.1, 0.15) is 11.1 Å². The van der Waals surface area contributed by atoms with Crippen LogP contribution in [0.3, 0.4) is 0 Å². The third kappa shape index (κ3) is 4.90. The molecule has 29 heavy (non-hydrogen) atoms. The van der Waals surface area contributed by atoms with Gasteiger partial charge in [-0.25, -0.2) is 0 Å². The maximum atomic E-state index is 12.5. The summed E-state index contributed by atoms with van der Waals surface area (Å²) in [6, 6.07) is 12.4. The van der Waals surface area contributed by atoms with Gasteiger partial charge in [-0.3, -0.25) is 19.3 Å². The monoisotopic (exact) mass is 432 g/mol. The first kappa shape index (κ1) is 20.8. The fourth-order valence-electron chi connectivity index (χ4n) is 2.68. The van der Waals surface area contributed by atoms with Crippen molar-refractivity contribution in [2.45, 2.75) is 6.61 Å². The summed E-state index contributed by atoms with van der Waals surface area (Å²) in [5, 5.41) is 0.0406. The van der Waals surface area contributed by atoms with E-state index in [2.05, 4.69) is 0 Å². The summed E-state index contributed by atoms with van der Waals surface area (Å²) < 4.78 is 11.3. The van der Waals surface area contributed by atoms with Crippen molar-refractivity contribution in [3.05, 3.63) is 63.5 Å². The van der Waals surface area contributed by atoms with Gasteiger partial charge in [-0.1, -0.05) is 35.9 Å². The fourth-order valence-corrected chi connectivity index (χ4v) is 3.72. The number of nitrogens with two attached hydrogens (primary N) is 1. The third-order valence-corrected chi connectivity index (χ3v) is 5.12. The van der Waals surface area contributed by atoms with Crippen LogP contribution in [0, 0.1) is 0 Å². The van der Waals surface area contributed by atoms with Gasteiger partial charge < -0.3 is 15.2 Å². The Hall–Kier alpha value is -2.97. The Bertz CT molecular complexity index is 1010. The van der Waals surface area contributed by atoms with Crippen LogP contribution in [0.15, 0.2) is 47.4 Å². The van der Waals surface area contributed by atoms with Gasteiger partial charge in [-0.15, -0.1) is 0 Å². The Kier molecular flexibility index (Phi) is 6.46. The number of nitrogens with zero attached hydrogens (tertiary/aromatic N) is 1. The van der Waals surface area contributed by atoms with Gasteiger partial charge in [-0.2, -0.15) is 0 Å². The maximum Gasteiger partial charge on any atom is 0.294 e. The quantitative estimate of drug-likeness (QED) is 0.673. The van der Waals surface area contributed by atoms with Gasteiger partial charge >= 0.3 is 0 Å². The zero-order chi connectivity index (χ0) is 21.0. The van der Waals surface area contributed by atoms with E-state index >= 15 is 0 Å². The molecule has 0 aromatic heterocycles. The molecule has 9 heteroatoms. The normalized spacial score (nSPS) is 15.1. The van der Waals surface area contributed by atoms with Crippen LogP contribution in [-0.2, 0) is 16.2 Å². The van der Waals surface area contributed by atoms with Gasteiger partial charge in [-0.05, 0) is 41.6 Å². The molecule has 0 bridgehead atoms. The van der Waals surface area contributed by atoms with Crippen molar-refractivity contribution in [3.63, 3.8) is 0 Å². The van der Waals surface area contributed by atoms with Gasteiger partial charge in [0.2, 0.25) is 5.91 Å². The highest BCUT2D eigenvalue weighted by Crippen LogP contribution is 2.37. The number of primary amides is 1. The standard InChI is InChI=1S/C20H17ClN2O5S/c1-27-15-7-3-5-13(18(15)28-11-12-4-2-6-14(21)8-12)9-16-19(25)23(10-17(22)24)20(26)29-16/h2-9H,10-11H2,1H3,(H2,22,24)/b16-9-. The van der Waals surface area contributed by atoms with E-state index in [9.17, 15) is 14.4 Å². The van der Waals surface area contributed by atoms with E-state index in [1.165, 1.54) is 13.2 Å². The molecule has 150 valence electrons. The van der Waals surface area contributed by atoms with E-state index in [0.717, 1.165) is 22.2 Å². The van der Waals surface area contributed by atoms with Crippen LogP contribution in [-0.4, -0.2) is 35.6 Å². The summed E-state index contributed by atoms with van der Waals surface area (Å²) in [6.07, 6.45) is 1.53. The molecular formula is C20H17ClN2O5S. The number of amides is 3. The van der Waals surface area contributed by atoms with Crippen molar-refractivity contribution in [3.8, 4) is 11.5 Å². The molecule has 0 saturated carbocycles. The zero-order valence-electron chi connectivity index (χ0n) is 15.4. The first-order valence-electron chi connectivity index (χ1n) is 8.47. The minimum absolute atomic E-state index is 0.164. The number of hydrogen-bond acceptors (Lipinski definition) is 6. The van der Waals surface area contributed by atoms with E-state index in [0.29, 0.717) is 22.1 Å². The van der Waals surface area contributed by atoms with Crippen molar-refractivity contribution in [2.75, 3.05) is 13.7 Å². The van der Waals surface area contributed by atoms with Crippen molar-refractivity contribution >= 4 is 46.5 Å². The van der Waals surface area contributed by atoms with Gasteiger partial charge in [0.15, 0.2) is 11.5 Å². The Morgan fingerprint density at radius 3 is 2.69 bits per heavy atom. The number of halogens is 1. The lowest BCUT2D eigenvalue weighted by Gasteiger charge is -2.14. The SMILES string of the molecule is COc1cccc(/C=C2\SC(=O)N(CC(N)=O)C2=O)c1OCc1cccc(Cl)c1. The van der Waals surface area contributed by atoms with Gasteiger partial charge in [0, 0.05) is 10.6 Å². The Labute approximate surface area is 176 Å². The predicted molar refractivity (Wildman–Crippen MR) is 111 cm³/mol. The summed E-state index contributed by atoms with van der Waals surface area (Å²) in [6.45, 7) is -0.233. The number of rotatable bonds is 7. The number of benzene rings is 2. The number of thioether (sulfide) groups is 1. The topological polar surface area (TPSA) is 98.9 Å². The molecule has 2 aromatic carbocycles. The highest BCUT2D eigenvalue weighted by atomic mass is 35.5. The van der Waals surface area contributed by atoms with Gasteiger partial charge in [0.05, 0.1) is 12.0 Å². The number of carbonyl (C=O) groups excluding carboxylic acids is 3. The molecule has 1 heterocycles. The van der Waals surface area contributed by atoms with E-state index in [1.807, 2.05) is 12.1 Å². The molecule has 0 unspecified atom stereocenters. The molecule has 3 amide bonds. The second-order valence-electron chi connectivity index (χ2n) is 6.03. The largest absolute Gasteiger partial charge is 0.493 e. The minimum atomic E-state index is -0.763. The van der Waals surface area contributed by atoms with Crippen LogP contribution in [0.5, 0.6) is 11.5 Å². The number of methoxy groups -OCH3 is 1. The second kappa shape index (κ2) is 9.02. The molecule has 0 radical (unpaired) electrons. The Balaban J connectivity index is 1.89. The Morgan fingerprint density at radius 2 is 2.00 bits per heavy atom. The summed E-state index contributed by atoms with van der Waals surface area (Å²) in [5.74, 6) is -0.461. The molecule has 1 aliphatic heterocycles. The summed E-state index contributed by atoms with van der Waals surface area (Å²) >= 11 is 6.74. The Morgan fingerprint density at radius 1 is 1.24 bits per heavy atom. The van der Waals surface area contributed by atoms with E-state index < -0.39 is 23.6 Å². The van der Waals surface area contributed by atoms with Crippen LogP contribution >= 0.6 is 23.4 Å². The van der Waals surface area contributed by atoms with Crippen LogP contribution < -0.4 is 15.2 Å². The molecule has 0 spiro atoms. The second-order valence-corrected chi connectivity index (χ2v) is 7.46. The number of carbonyl (C=O) groups is 3. The first-order chi connectivity index (χ1) is 13.9. The molecular weight excluding hydrogens is 416 g/mol. The van der Waals surface area contributed by atoms with E-state index in [1.54, 1.807) is 30.3 Å². The number of ether oxygens (including phenoxy) is 2. The maximum absolute atomic E-state index is 12.5. The smallest absolute Gasteiger partial charge is 0.294 e. The number of imide groups is 1. The molecule has 1 aliphatic rings. The average Bonchev–Trinajstić information content (AvgIpc) is 2.94. The lowest BCUT2D eigenvalue weighted by molar-refractivity contribution is -0.127. The van der Waals surface area contributed by atoms with Crippen molar-refractivity contribution in [2.24, 2.45) is 5.73 Å². The molecule has 2 aromatic rings. The van der Waals surface area contributed by atoms with Crippen LogP contribution in [0.25, 0.3) is 6.08 Å². The van der Waals surface area contributed by atoms with Gasteiger partial charge in [0.25, 0.3) is 11.1 Å². The number of hydrogen-bond donors (Lipinski definition) is 1. The van der Waals surface area contributed by atoms with Crippen molar-refractivity contribution < 1.29 is 23.9 Å².